The van der Waals surface area contributed by atoms with Crippen molar-refractivity contribution in [3.63, 3.8) is 0 Å². The Kier molecular flexibility index (Phi) is 6.25. The monoisotopic (exact) mass is 410 g/mol. The van der Waals surface area contributed by atoms with Gasteiger partial charge in [0.25, 0.3) is 11.6 Å². The van der Waals surface area contributed by atoms with E-state index in [9.17, 15) is 14.9 Å². The number of nitro benzene ring substituents is 1. The SMILES string of the molecule is O=C(NC1CC1)c1ccc(NCC2CN(Cc3ccccc3)CCO2)c([N+](=O)[O-])c1. The van der Waals surface area contributed by atoms with Crippen molar-refractivity contribution < 1.29 is 14.5 Å². The molecule has 30 heavy (non-hydrogen) atoms. The molecule has 2 aromatic rings. The molecular formula is C22H26N4O4. The van der Waals surface area contributed by atoms with Gasteiger partial charge in [-0.3, -0.25) is 19.8 Å². The highest BCUT2D eigenvalue weighted by molar-refractivity contribution is 5.96. The zero-order valence-corrected chi connectivity index (χ0v) is 16.8. The van der Waals surface area contributed by atoms with Crippen LogP contribution in [-0.4, -0.2) is 54.1 Å². The van der Waals surface area contributed by atoms with Crippen molar-refractivity contribution in [3.05, 3.63) is 69.8 Å². The van der Waals surface area contributed by atoms with Crippen molar-refractivity contribution in [1.82, 2.24) is 10.2 Å². The Bertz CT molecular complexity index is 901. The summed E-state index contributed by atoms with van der Waals surface area (Å²) in [5.74, 6) is -0.265. The molecule has 1 atom stereocenters. The average molecular weight is 410 g/mol. The lowest BCUT2D eigenvalue weighted by atomic mass is 10.1. The average Bonchev–Trinajstić information content (AvgIpc) is 3.57. The van der Waals surface area contributed by atoms with E-state index in [-0.39, 0.29) is 23.7 Å². The Morgan fingerprint density at radius 3 is 2.73 bits per heavy atom. The summed E-state index contributed by atoms with van der Waals surface area (Å²) in [5.41, 5.74) is 1.85. The molecule has 0 radical (unpaired) electrons. The van der Waals surface area contributed by atoms with E-state index in [1.807, 2.05) is 18.2 Å². The smallest absolute Gasteiger partial charge is 0.293 e. The summed E-state index contributed by atoms with van der Waals surface area (Å²) in [5, 5.41) is 17.5. The molecule has 2 N–H and O–H groups in total. The molecule has 2 aromatic carbocycles. The molecule has 0 bridgehead atoms. The molecule has 1 saturated carbocycles. The summed E-state index contributed by atoms with van der Waals surface area (Å²) in [6.45, 7) is 3.54. The molecule has 1 heterocycles. The van der Waals surface area contributed by atoms with E-state index in [0.717, 1.165) is 32.5 Å². The van der Waals surface area contributed by atoms with Crippen LogP contribution in [0.5, 0.6) is 0 Å². The number of nitro groups is 1. The minimum Gasteiger partial charge on any atom is -0.377 e. The Morgan fingerprint density at radius 2 is 2.00 bits per heavy atom. The minimum absolute atomic E-state index is 0.0695. The maximum Gasteiger partial charge on any atom is 0.293 e. The van der Waals surface area contributed by atoms with E-state index in [0.29, 0.717) is 24.4 Å². The van der Waals surface area contributed by atoms with Crippen molar-refractivity contribution in [2.24, 2.45) is 0 Å². The number of carbonyl (C=O) groups excluding carboxylic acids is 1. The molecule has 158 valence electrons. The van der Waals surface area contributed by atoms with Gasteiger partial charge in [0.2, 0.25) is 0 Å². The van der Waals surface area contributed by atoms with E-state index in [1.54, 1.807) is 12.1 Å². The number of benzene rings is 2. The van der Waals surface area contributed by atoms with Crippen LogP contribution >= 0.6 is 0 Å². The molecule has 1 amide bonds. The van der Waals surface area contributed by atoms with Gasteiger partial charge in [0.05, 0.1) is 17.6 Å². The molecule has 8 nitrogen and oxygen atoms in total. The number of nitrogens with zero attached hydrogens (tertiary/aromatic N) is 2. The van der Waals surface area contributed by atoms with Gasteiger partial charge in [-0.15, -0.1) is 0 Å². The molecule has 0 aromatic heterocycles. The van der Waals surface area contributed by atoms with Gasteiger partial charge in [-0.1, -0.05) is 30.3 Å². The third kappa shape index (κ3) is 5.34. The van der Waals surface area contributed by atoms with Crippen LogP contribution in [0, 0.1) is 10.1 Å². The van der Waals surface area contributed by atoms with Gasteiger partial charge in [0.1, 0.15) is 5.69 Å². The van der Waals surface area contributed by atoms with E-state index in [2.05, 4.69) is 27.7 Å². The Balaban J connectivity index is 1.36. The maximum atomic E-state index is 12.2. The summed E-state index contributed by atoms with van der Waals surface area (Å²) in [6.07, 6.45) is 1.87. The van der Waals surface area contributed by atoms with Gasteiger partial charge < -0.3 is 15.4 Å². The zero-order valence-electron chi connectivity index (χ0n) is 16.8. The van der Waals surface area contributed by atoms with E-state index in [4.69, 9.17) is 4.74 Å². The minimum atomic E-state index is -0.459. The number of morpholine rings is 1. The molecule has 1 aliphatic heterocycles. The molecule has 8 heteroatoms. The fourth-order valence-electron chi connectivity index (χ4n) is 3.58. The molecule has 1 aliphatic carbocycles. The van der Waals surface area contributed by atoms with Gasteiger partial charge in [-0.25, -0.2) is 0 Å². The first kappa shape index (κ1) is 20.3. The lowest BCUT2D eigenvalue weighted by Gasteiger charge is -2.33. The third-order valence-electron chi connectivity index (χ3n) is 5.36. The first-order chi connectivity index (χ1) is 14.6. The number of anilines is 1. The van der Waals surface area contributed by atoms with E-state index in [1.165, 1.54) is 11.6 Å². The number of nitrogens with one attached hydrogen (secondary N) is 2. The second-order valence-electron chi connectivity index (χ2n) is 7.83. The van der Waals surface area contributed by atoms with Crippen molar-refractivity contribution in [3.8, 4) is 0 Å². The van der Waals surface area contributed by atoms with Crippen LogP contribution in [0.3, 0.4) is 0 Å². The molecule has 2 fully saturated rings. The summed E-state index contributed by atoms with van der Waals surface area (Å²) in [7, 11) is 0. The van der Waals surface area contributed by atoms with Crippen LogP contribution in [0.25, 0.3) is 0 Å². The molecule has 1 saturated heterocycles. The first-order valence-corrected chi connectivity index (χ1v) is 10.3. The van der Waals surface area contributed by atoms with Crippen molar-refractivity contribution >= 4 is 17.3 Å². The quantitative estimate of drug-likeness (QED) is 0.513. The lowest BCUT2D eigenvalue weighted by Crippen LogP contribution is -2.44. The standard InChI is InChI=1S/C22H26N4O4/c27-22(24-18-7-8-18)17-6-9-20(21(12-17)26(28)29)23-13-19-15-25(10-11-30-19)14-16-4-2-1-3-5-16/h1-6,9,12,18-19,23H,7-8,10-11,13-15H2,(H,24,27). The summed E-state index contributed by atoms with van der Waals surface area (Å²) >= 11 is 0. The normalized spacial score (nSPS) is 19.3. The summed E-state index contributed by atoms with van der Waals surface area (Å²) in [6, 6.07) is 15.0. The van der Waals surface area contributed by atoms with Gasteiger partial charge in [-0.05, 0) is 30.5 Å². The lowest BCUT2D eigenvalue weighted by molar-refractivity contribution is -0.384. The first-order valence-electron chi connectivity index (χ1n) is 10.3. The summed E-state index contributed by atoms with van der Waals surface area (Å²) < 4.78 is 5.84. The van der Waals surface area contributed by atoms with Crippen LogP contribution in [0.2, 0.25) is 0 Å². The second kappa shape index (κ2) is 9.23. The Morgan fingerprint density at radius 1 is 1.20 bits per heavy atom. The highest BCUT2D eigenvalue weighted by Crippen LogP contribution is 2.27. The number of rotatable bonds is 8. The van der Waals surface area contributed by atoms with E-state index < -0.39 is 4.92 Å². The number of hydrogen-bond acceptors (Lipinski definition) is 6. The van der Waals surface area contributed by atoms with Gasteiger partial charge in [0.15, 0.2) is 0 Å². The highest BCUT2D eigenvalue weighted by Gasteiger charge is 2.26. The molecule has 2 aliphatic rings. The fraction of sp³-hybridized carbons (Fsp3) is 0.409. The third-order valence-corrected chi connectivity index (χ3v) is 5.36. The second-order valence-corrected chi connectivity index (χ2v) is 7.83. The number of ether oxygens (including phenoxy) is 1. The molecular weight excluding hydrogens is 384 g/mol. The van der Waals surface area contributed by atoms with Crippen molar-refractivity contribution in [2.45, 2.75) is 31.5 Å². The number of amides is 1. The van der Waals surface area contributed by atoms with Crippen LogP contribution in [0.4, 0.5) is 11.4 Å². The fourth-order valence-corrected chi connectivity index (χ4v) is 3.58. The Hall–Kier alpha value is -2.97. The highest BCUT2D eigenvalue weighted by atomic mass is 16.6. The zero-order chi connectivity index (χ0) is 20.9. The number of carbonyl (C=O) groups is 1. The topological polar surface area (TPSA) is 96.7 Å². The molecule has 1 unspecified atom stereocenters. The van der Waals surface area contributed by atoms with Gasteiger partial charge >= 0.3 is 0 Å². The molecule has 0 spiro atoms. The Labute approximate surface area is 175 Å². The summed E-state index contributed by atoms with van der Waals surface area (Å²) in [4.78, 5) is 25.6. The van der Waals surface area contributed by atoms with Crippen LogP contribution in [0.15, 0.2) is 48.5 Å². The predicted octanol–water partition coefficient (Wildman–Crippen LogP) is 2.80. The van der Waals surface area contributed by atoms with Crippen LogP contribution in [-0.2, 0) is 11.3 Å². The van der Waals surface area contributed by atoms with Crippen molar-refractivity contribution in [2.75, 3.05) is 31.6 Å². The largest absolute Gasteiger partial charge is 0.377 e. The number of hydrogen-bond donors (Lipinski definition) is 2. The molecule has 4 rings (SSSR count). The van der Waals surface area contributed by atoms with Crippen LogP contribution in [0.1, 0.15) is 28.8 Å². The van der Waals surface area contributed by atoms with Crippen molar-refractivity contribution in [1.29, 1.82) is 0 Å². The van der Waals surface area contributed by atoms with Gasteiger partial charge in [-0.2, -0.15) is 0 Å². The van der Waals surface area contributed by atoms with Gasteiger partial charge in [0, 0.05) is 43.9 Å². The predicted molar refractivity (Wildman–Crippen MR) is 114 cm³/mol. The van der Waals surface area contributed by atoms with E-state index >= 15 is 0 Å². The van der Waals surface area contributed by atoms with Crippen LogP contribution < -0.4 is 10.6 Å². The maximum absolute atomic E-state index is 12.2.